The molecule has 2 rings (SSSR count). The molecule has 5 heteroatoms. The van der Waals surface area contributed by atoms with E-state index >= 15 is 0 Å². The van der Waals surface area contributed by atoms with E-state index in [1.54, 1.807) is 31.4 Å². The van der Waals surface area contributed by atoms with Crippen LogP contribution in [-0.2, 0) is 11.2 Å². The SMILES string of the molecule is CCOc1ccc(CC(C(=O)O)c2cccc(O)c2)cc1OC. The normalized spacial score (nSPS) is 11.7. The van der Waals surface area contributed by atoms with E-state index in [1.165, 1.54) is 12.1 Å². The third kappa shape index (κ3) is 4.16. The van der Waals surface area contributed by atoms with Gasteiger partial charge in [0.15, 0.2) is 11.5 Å². The number of rotatable bonds is 7. The van der Waals surface area contributed by atoms with E-state index < -0.39 is 11.9 Å². The molecule has 0 saturated carbocycles. The molecular weight excluding hydrogens is 296 g/mol. The number of carboxylic acid groups (broad SMARTS) is 1. The number of ether oxygens (including phenoxy) is 2. The molecule has 0 aliphatic heterocycles. The number of carboxylic acids is 1. The topological polar surface area (TPSA) is 76.0 Å². The number of aliphatic carboxylic acids is 1. The minimum absolute atomic E-state index is 0.0537. The standard InChI is InChI=1S/C18H20O5/c1-3-23-16-8-7-12(10-17(16)22-2)9-15(18(20)21)13-5-4-6-14(19)11-13/h4-8,10-11,15,19H,3,9H2,1-2H3,(H,20,21). The van der Waals surface area contributed by atoms with Crippen LogP contribution in [0.4, 0.5) is 0 Å². The van der Waals surface area contributed by atoms with E-state index in [0.717, 1.165) is 5.56 Å². The van der Waals surface area contributed by atoms with Gasteiger partial charge in [-0.1, -0.05) is 18.2 Å². The number of carbonyl (C=O) groups is 1. The Balaban J connectivity index is 2.28. The Morgan fingerprint density at radius 2 is 1.96 bits per heavy atom. The summed E-state index contributed by atoms with van der Waals surface area (Å²) in [6.07, 6.45) is 0.293. The van der Waals surface area contributed by atoms with Crippen LogP contribution in [-0.4, -0.2) is 29.9 Å². The zero-order valence-electron chi connectivity index (χ0n) is 13.2. The van der Waals surface area contributed by atoms with Gasteiger partial charge in [0.05, 0.1) is 19.6 Å². The van der Waals surface area contributed by atoms with Crippen molar-refractivity contribution >= 4 is 5.97 Å². The summed E-state index contributed by atoms with van der Waals surface area (Å²) < 4.78 is 10.8. The van der Waals surface area contributed by atoms with E-state index in [-0.39, 0.29) is 5.75 Å². The molecule has 2 aromatic carbocycles. The first-order valence-corrected chi connectivity index (χ1v) is 7.36. The first-order valence-electron chi connectivity index (χ1n) is 7.36. The predicted molar refractivity (Wildman–Crippen MR) is 86.4 cm³/mol. The molecule has 0 heterocycles. The molecule has 122 valence electrons. The maximum atomic E-state index is 11.6. The van der Waals surface area contributed by atoms with Crippen molar-refractivity contribution in [2.24, 2.45) is 0 Å². The summed E-state index contributed by atoms with van der Waals surface area (Å²) in [4.78, 5) is 11.6. The molecule has 2 aromatic rings. The number of benzene rings is 2. The van der Waals surface area contributed by atoms with Crippen LogP contribution < -0.4 is 9.47 Å². The summed E-state index contributed by atoms with van der Waals surface area (Å²) in [7, 11) is 1.55. The Morgan fingerprint density at radius 3 is 2.57 bits per heavy atom. The van der Waals surface area contributed by atoms with Crippen LogP contribution in [0.1, 0.15) is 24.0 Å². The lowest BCUT2D eigenvalue weighted by molar-refractivity contribution is -0.138. The van der Waals surface area contributed by atoms with Crippen molar-refractivity contribution in [1.82, 2.24) is 0 Å². The second-order valence-corrected chi connectivity index (χ2v) is 5.11. The molecule has 0 amide bonds. The maximum absolute atomic E-state index is 11.6. The fourth-order valence-electron chi connectivity index (χ4n) is 2.44. The zero-order chi connectivity index (χ0) is 16.8. The Labute approximate surface area is 135 Å². The predicted octanol–water partition coefficient (Wildman–Crippen LogP) is 3.21. The summed E-state index contributed by atoms with van der Waals surface area (Å²) in [6.45, 7) is 2.41. The van der Waals surface area contributed by atoms with Gasteiger partial charge in [0, 0.05) is 0 Å². The molecule has 0 saturated heterocycles. The molecule has 1 atom stereocenters. The fraction of sp³-hybridized carbons (Fsp3) is 0.278. The number of methoxy groups -OCH3 is 1. The fourth-order valence-corrected chi connectivity index (χ4v) is 2.44. The molecule has 0 aliphatic carbocycles. The van der Waals surface area contributed by atoms with Crippen LogP contribution in [0.15, 0.2) is 42.5 Å². The van der Waals surface area contributed by atoms with Gasteiger partial charge in [-0.2, -0.15) is 0 Å². The van der Waals surface area contributed by atoms with Gasteiger partial charge in [0.2, 0.25) is 0 Å². The molecule has 1 unspecified atom stereocenters. The van der Waals surface area contributed by atoms with Crippen molar-refractivity contribution in [3.8, 4) is 17.2 Å². The lowest BCUT2D eigenvalue weighted by Crippen LogP contribution is -2.14. The average Bonchev–Trinajstić information content (AvgIpc) is 2.53. The molecule has 0 bridgehead atoms. The Kier molecular flexibility index (Phi) is 5.46. The van der Waals surface area contributed by atoms with Gasteiger partial charge in [-0.05, 0) is 48.7 Å². The number of phenols is 1. The van der Waals surface area contributed by atoms with Gasteiger partial charge in [-0.15, -0.1) is 0 Å². The zero-order valence-corrected chi connectivity index (χ0v) is 13.2. The van der Waals surface area contributed by atoms with Crippen molar-refractivity contribution in [1.29, 1.82) is 0 Å². The van der Waals surface area contributed by atoms with Crippen LogP contribution in [0.2, 0.25) is 0 Å². The number of hydrogen-bond acceptors (Lipinski definition) is 4. The third-order valence-corrected chi connectivity index (χ3v) is 3.54. The van der Waals surface area contributed by atoms with Crippen LogP contribution >= 0.6 is 0 Å². The molecule has 23 heavy (non-hydrogen) atoms. The monoisotopic (exact) mass is 316 g/mol. The average molecular weight is 316 g/mol. The van der Waals surface area contributed by atoms with E-state index in [9.17, 15) is 15.0 Å². The van der Waals surface area contributed by atoms with Gasteiger partial charge < -0.3 is 19.7 Å². The minimum Gasteiger partial charge on any atom is -0.508 e. The first-order chi connectivity index (χ1) is 11.0. The minimum atomic E-state index is -0.941. The maximum Gasteiger partial charge on any atom is 0.311 e. The summed E-state index contributed by atoms with van der Waals surface area (Å²) >= 11 is 0. The highest BCUT2D eigenvalue weighted by atomic mass is 16.5. The Morgan fingerprint density at radius 1 is 1.17 bits per heavy atom. The van der Waals surface area contributed by atoms with Gasteiger partial charge in [-0.3, -0.25) is 4.79 Å². The quantitative estimate of drug-likeness (QED) is 0.820. The largest absolute Gasteiger partial charge is 0.508 e. The second-order valence-electron chi connectivity index (χ2n) is 5.11. The second kappa shape index (κ2) is 7.54. The highest BCUT2D eigenvalue weighted by molar-refractivity contribution is 5.76. The van der Waals surface area contributed by atoms with Gasteiger partial charge in [0.25, 0.3) is 0 Å². The summed E-state index contributed by atoms with van der Waals surface area (Å²) in [5.41, 5.74) is 1.38. The summed E-state index contributed by atoms with van der Waals surface area (Å²) in [5, 5.41) is 19.1. The third-order valence-electron chi connectivity index (χ3n) is 3.54. The molecule has 2 N–H and O–H groups in total. The first kappa shape index (κ1) is 16.7. The van der Waals surface area contributed by atoms with Crippen molar-refractivity contribution in [3.63, 3.8) is 0 Å². The van der Waals surface area contributed by atoms with Crippen LogP contribution in [0.5, 0.6) is 17.2 Å². The van der Waals surface area contributed by atoms with Crippen LogP contribution in [0, 0.1) is 0 Å². The Hall–Kier alpha value is -2.69. The van der Waals surface area contributed by atoms with Gasteiger partial charge in [0.1, 0.15) is 5.75 Å². The molecule has 0 spiro atoms. The molecular formula is C18H20O5. The lowest BCUT2D eigenvalue weighted by atomic mass is 9.92. The van der Waals surface area contributed by atoms with Crippen LogP contribution in [0.25, 0.3) is 0 Å². The van der Waals surface area contributed by atoms with Gasteiger partial charge in [-0.25, -0.2) is 0 Å². The molecule has 0 fully saturated rings. The summed E-state index contributed by atoms with van der Waals surface area (Å²) in [5.74, 6) is -0.432. The van der Waals surface area contributed by atoms with Gasteiger partial charge >= 0.3 is 5.97 Å². The number of aromatic hydroxyl groups is 1. The van der Waals surface area contributed by atoms with Crippen molar-refractivity contribution in [2.45, 2.75) is 19.3 Å². The highest BCUT2D eigenvalue weighted by Crippen LogP contribution is 2.31. The highest BCUT2D eigenvalue weighted by Gasteiger charge is 2.21. The summed E-state index contributed by atoms with van der Waals surface area (Å²) in [6, 6.07) is 11.7. The molecule has 0 aromatic heterocycles. The van der Waals surface area contributed by atoms with E-state index in [1.807, 2.05) is 13.0 Å². The lowest BCUT2D eigenvalue weighted by Gasteiger charge is -2.15. The number of phenolic OH excluding ortho intramolecular Hbond substituents is 1. The molecule has 5 nitrogen and oxygen atoms in total. The van der Waals surface area contributed by atoms with Crippen molar-refractivity contribution < 1.29 is 24.5 Å². The van der Waals surface area contributed by atoms with E-state index in [2.05, 4.69) is 0 Å². The molecule has 0 radical (unpaired) electrons. The number of hydrogen-bond donors (Lipinski definition) is 2. The van der Waals surface area contributed by atoms with E-state index in [4.69, 9.17) is 9.47 Å². The Bertz CT molecular complexity index is 681. The smallest absolute Gasteiger partial charge is 0.311 e. The molecule has 0 aliphatic rings. The van der Waals surface area contributed by atoms with Crippen LogP contribution in [0.3, 0.4) is 0 Å². The van der Waals surface area contributed by atoms with Crippen molar-refractivity contribution in [3.05, 3.63) is 53.6 Å². The van der Waals surface area contributed by atoms with E-state index in [0.29, 0.717) is 30.1 Å². The van der Waals surface area contributed by atoms with Crippen molar-refractivity contribution in [2.75, 3.05) is 13.7 Å².